The number of thiazole rings is 1. The molecule has 6 nitrogen and oxygen atoms in total. The van der Waals surface area contributed by atoms with Crippen molar-refractivity contribution in [2.45, 2.75) is 6.42 Å². The highest BCUT2D eigenvalue weighted by molar-refractivity contribution is 9.10. The number of carbonyl (C=O) groups is 1. The summed E-state index contributed by atoms with van der Waals surface area (Å²) in [5, 5.41) is 4.26. The number of carbonyl (C=O) groups excluding carboxylic acids is 1. The van der Waals surface area contributed by atoms with Crippen molar-refractivity contribution >= 4 is 48.5 Å². The number of fused-ring (bicyclic) bond motifs is 1. The molecule has 0 spiro atoms. The van der Waals surface area contributed by atoms with E-state index < -0.39 is 0 Å². The van der Waals surface area contributed by atoms with Gasteiger partial charge in [0.1, 0.15) is 0 Å². The predicted octanol–water partition coefficient (Wildman–Crippen LogP) is 3.72. The average Bonchev–Trinajstić information content (AvgIpc) is 2.99. The largest absolute Gasteiger partial charge is 0.288 e. The van der Waals surface area contributed by atoms with Crippen molar-refractivity contribution in [1.82, 2.24) is 4.98 Å². The molecule has 1 saturated heterocycles. The molecule has 2 aromatic rings. The van der Waals surface area contributed by atoms with Crippen LogP contribution in [0.3, 0.4) is 0 Å². The first-order valence-corrected chi connectivity index (χ1v) is 7.65. The summed E-state index contributed by atoms with van der Waals surface area (Å²) in [6, 6.07) is 5.88. The molecule has 1 atom stereocenters. The van der Waals surface area contributed by atoms with E-state index in [0.717, 1.165) is 14.7 Å². The smallest absolute Gasteiger partial charge is 0.229 e. The summed E-state index contributed by atoms with van der Waals surface area (Å²) in [5.74, 6) is 0.124. The van der Waals surface area contributed by atoms with Gasteiger partial charge in [-0.2, -0.15) is 0 Å². The molecule has 1 aromatic heterocycles. The molecule has 1 aromatic carbocycles. The van der Waals surface area contributed by atoms with Crippen LogP contribution >= 0.6 is 27.3 Å². The number of hydrogen-bond acceptors (Lipinski definition) is 4. The van der Waals surface area contributed by atoms with Gasteiger partial charge < -0.3 is 0 Å². The van der Waals surface area contributed by atoms with Crippen LogP contribution in [0.4, 0.5) is 5.13 Å². The van der Waals surface area contributed by atoms with Crippen molar-refractivity contribution in [2.75, 3.05) is 18.0 Å². The van der Waals surface area contributed by atoms with Gasteiger partial charge in [0.2, 0.25) is 5.91 Å². The number of aromatic nitrogens is 1. The maximum absolute atomic E-state index is 12.0. The van der Waals surface area contributed by atoms with Gasteiger partial charge in [0.15, 0.2) is 5.13 Å². The Morgan fingerprint density at radius 1 is 1.60 bits per heavy atom. The lowest BCUT2D eigenvalue weighted by atomic mass is 10.1. The number of hydrogen-bond donors (Lipinski definition) is 0. The lowest BCUT2D eigenvalue weighted by molar-refractivity contribution is -0.117. The van der Waals surface area contributed by atoms with E-state index in [1.165, 1.54) is 11.3 Å². The van der Waals surface area contributed by atoms with E-state index in [-0.39, 0.29) is 11.8 Å². The van der Waals surface area contributed by atoms with E-state index >= 15 is 0 Å². The van der Waals surface area contributed by atoms with Gasteiger partial charge in [-0.3, -0.25) is 9.69 Å². The van der Waals surface area contributed by atoms with Crippen LogP contribution in [-0.2, 0) is 4.79 Å². The lowest BCUT2D eigenvalue weighted by Gasteiger charge is -2.11. The summed E-state index contributed by atoms with van der Waals surface area (Å²) < 4.78 is 2.02. The van der Waals surface area contributed by atoms with E-state index in [1.54, 1.807) is 4.90 Å². The van der Waals surface area contributed by atoms with Gasteiger partial charge in [0.25, 0.3) is 0 Å². The lowest BCUT2D eigenvalue weighted by Crippen LogP contribution is -2.24. The maximum atomic E-state index is 12.0. The molecule has 102 valence electrons. The number of rotatable bonds is 3. The standard InChI is InChI=1S/C12H10BrN5OS/c13-8-1-2-10-9(4-8)16-12(20-10)18-6-7(3-11(18)19)5-15-17-14/h1-2,4,7H,3,5-6H2. The van der Waals surface area contributed by atoms with E-state index in [4.69, 9.17) is 5.53 Å². The Labute approximate surface area is 127 Å². The van der Waals surface area contributed by atoms with Crippen LogP contribution in [0.2, 0.25) is 0 Å². The zero-order valence-corrected chi connectivity index (χ0v) is 12.8. The second-order valence-corrected chi connectivity index (χ2v) is 6.52. The third-order valence-electron chi connectivity index (χ3n) is 3.18. The fraction of sp³-hybridized carbons (Fsp3) is 0.333. The zero-order valence-electron chi connectivity index (χ0n) is 10.4. The number of halogens is 1. The Balaban J connectivity index is 1.87. The van der Waals surface area contributed by atoms with E-state index in [0.29, 0.717) is 24.6 Å². The Kier molecular flexibility index (Phi) is 3.60. The highest BCUT2D eigenvalue weighted by atomic mass is 79.9. The zero-order chi connectivity index (χ0) is 14.1. The summed E-state index contributed by atoms with van der Waals surface area (Å²) in [5.41, 5.74) is 9.22. The van der Waals surface area contributed by atoms with Crippen LogP contribution in [0.1, 0.15) is 6.42 Å². The summed E-state index contributed by atoms with van der Waals surface area (Å²) in [6.45, 7) is 0.925. The van der Waals surface area contributed by atoms with Gasteiger partial charge in [-0.05, 0) is 29.6 Å². The second-order valence-electron chi connectivity index (χ2n) is 4.60. The second kappa shape index (κ2) is 5.40. The number of anilines is 1. The van der Waals surface area contributed by atoms with Crippen molar-refractivity contribution in [3.63, 3.8) is 0 Å². The predicted molar refractivity (Wildman–Crippen MR) is 81.8 cm³/mol. The highest BCUT2D eigenvalue weighted by Crippen LogP contribution is 2.33. The summed E-state index contributed by atoms with van der Waals surface area (Å²) >= 11 is 4.92. The first kappa shape index (κ1) is 13.4. The van der Waals surface area contributed by atoms with Gasteiger partial charge in [-0.25, -0.2) is 4.98 Å². The SMILES string of the molecule is [N-]=[N+]=NCC1CC(=O)N(c2nc3cc(Br)ccc3s2)C1. The molecular weight excluding hydrogens is 342 g/mol. The van der Waals surface area contributed by atoms with Crippen LogP contribution in [0.25, 0.3) is 20.7 Å². The summed E-state index contributed by atoms with van der Waals surface area (Å²) in [7, 11) is 0. The number of azide groups is 1. The molecule has 0 N–H and O–H groups in total. The van der Waals surface area contributed by atoms with Gasteiger partial charge in [0, 0.05) is 28.9 Å². The molecule has 3 rings (SSSR count). The Morgan fingerprint density at radius 2 is 2.45 bits per heavy atom. The summed E-state index contributed by atoms with van der Waals surface area (Å²) in [4.78, 5) is 21.0. The molecule has 1 unspecified atom stereocenters. The number of nitrogens with zero attached hydrogens (tertiary/aromatic N) is 5. The number of amides is 1. The van der Waals surface area contributed by atoms with Gasteiger partial charge in [-0.1, -0.05) is 32.4 Å². The first-order valence-electron chi connectivity index (χ1n) is 6.04. The normalized spacial score (nSPS) is 18.6. The molecule has 0 aliphatic carbocycles. The molecule has 0 bridgehead atoms. The van der Waals surface area contributed by atoms with Crippen molar-refractivity contribution in [2.24, 2.45) is 11.0 Å². The molecular formula is C12H10BrN5OS. The molecule has 1 aliphatic rings. The fourth-order valence-electron chi connectivity index (χ4n) is 2.24. The van der Waals surface area contributed by atoms with E-state index in [1.807, 2.05) is 18.2 Å². The average molecular weight is 352 g/mol. The molecule has 0 saturated carbocycles. The molecule has 1 aliphatic heterocycles. The minimum Gasteiger partial charge on any atom is -0.288 e. The summed E-state index contributed by atoms with van der Waals surface area (Å²) in [6.07, 6.45) is 0.415. The van der Waals surface area contributed by atoms with Crippen LogP contribution in [0, 0.1) is 5.92 Å². The van der Waals surface area contributed by atoms with Crippen molar-refractivity contribution in [1.29, 1.82) is 0 Å². The fourth-order valence-corrected chi connectivity index (χ4v) is 3.57. The van der Waals surface area contributed by atoms with Crippen LogP contribution in [0.5, 0.6) is 0 Å². The molecule has 20 heavy (non-hydrogen) atoms. The van der Waals surface area contributed by atoms with Gasteiger partial charge in [0.05, 0.1) is 10.2 Å². The van der Waals surface area contributed by atoms with Gasteiger partial charge >= 0.3 is 0 Å². The van der Waals surface area contributed by atoms with E-state index in [2.05, 4.69) is 30.9 Å². The molecule has 8 heteroatoms. The van der Waals surface area contributed by atoms with Crippen LogP contribution in [-0.4, -0.2) is 24.0 Å². The van der Waals surface area contributed by atoms with Crippen molar-refractivity contribution in [3.05, 3.63) is 33.1 Å². The minimum absolute atomic E-state index is 0.0428. The van der Waals surface area contributed by atoms with Crippen LogP contribution < -0.4 is 4.90 Å². The maximum Gasteiger partial charge on any atom is 0.229 e. The third kappa shape index (κ3) is 2.49. The topological polar surface area (TPSA) is 82.0 Å². The third-order valence-corrected chi connectivity index (χ3v) is 4.73. The van der Waals surface area contributed by atoms with Crippen LogP contribution in [0.15, 0.2) is 27.8 Å². The Morgan fingerprint density at radius 3 is 3.25 bits per heavy atom. The van der Waals surface area contributed by atoms with Crippen molar-refractivity contribution < 1.29 is 4.79 Å². The first-order chi connectivity index (χ1) is 9.67. The number of benzene rings is 1. The van der Waals surface area contributed by atoms with E-state index in [9.17, 15) is 4.79 Å². The molecule has 1 amide bonds. The molecule has 0 radical (unpaired) electrons. The quantitative estimate of drug-likeness (QED) is 0.479. The monoisotopic (exact) mass is 351 g/mol. The highest BCUT2D eigenvalue weighted by Gasteiger charge is 2.31. The Hall–Kier alpha value is -1.63. The molecule has 2 heterocycles. The van der Waals surface area contributed by atoms with Crippen molar-refractivity contribution in [3.8, 4) is 0 Å². The van der Waals surface area contributed by atoms with Gasteiger partial charge in [-0.15, -0.1) is 0 Å². The minimum atomic E-state index is 0.0428. The Bertz CT molecular complexity index is 724. The molecule has 1 fully saturated rings.